The number of benzene rings is 1. The van der Waals surface area contributed by atoms with E-state index in [0.717, 1.165) is 0 Å². The molecule has 2 fully saturated rings. The summed E-state index contributed by atoms with van der Waals surface area (Å²) in [5, 5.41) is 0.353. The van der Waals surface area contributed by atoms with E-state index in [1.165, 1.54) is 14.2 Å². The minimum absolute atomic E-state index is 0.0827. The van der Waals surface area contributed by atoms with Crippen LogP contribution in [0.15, 0.2) is 12.1 Å². The number of hydrogen-bond acceptors (Lipinski definition) is 5. The molecule has 1 aromatic rings. The number of nitrogens with zero attached hydrogens (tertiary/aromatic N) is 1. The Morgan fingerprint density at radius 3 is 2.39 bits per heavy atom. The highest BCUT2D eigenvalue weighted by Crippen LogP contribution is 2.37. The minimum atomic E-state index is -0.494. The normalized spacial score (nSPS) is 19.9. The Balaban J connectivity index is 1.75. The maximum Gasteiger partial charge on any atom is 0.254 e. The fourth-order valence-electron chi connectivity index (χ4n) is 3.06. The predicted molar refractivity (Wildman–Crippen MR) is 84.3 cm³/mol. The number of carbonyl (C=O) groups is 1. The zero-order valence-electron chi connectivity index (χ0n) is 13.3. The van der Waals surface area contributed by atoms with Gasteiger partial charge in [-0.05, 0) is 12.1 Å². The van der Waals surface area contributed by atoms with Crippen molar-refractivity contribution in [3.63, 3.8) is 0 Å². The molecule has 1 spiro atoms. The van der Waals surface area contributed by atoms with E-state index in [2.05, 4.69) is 0 Å². The highest BCUT2D eigenvalue weighted by atomic mass is 35.5. The predicted octanol–water partition coefficient (Wildman–Crippen LogP) is 2.34. The molecule has 0 saturated carbocycles. The molecule has 1 amide bonds. The number of amides is 1. The van der Waals surface area contributed by atoms with Gasteiger partial charge < -0.3 is 23.8 Å². The van der Waals surface area contributed by atoms with E-state index in [4.69, 9.17) is 30.5 Å². The molecule has 0 bridgehead atoms. The van der Waals surface area contributed by atoms with E-state index < -0.39 is 5.79 Å². The van der Waals surface area contributed by atoms with Crippen molar-refractivity contribution >= 4 is 17.5 Å². The van der Waals surface area contributed by atoms with Crippen LogP contribution in [0.3, 0.4) is 0 Å². The van der Waals surface area contributed by atoms with Crippen molar-refractivity contribution in [2.24, 2.45) is 0 Å². The van der Waals surface area contributed by atoms with Crippen LogP contribution < -0.4 is 9.47 Å². The zero-order chi connectivity index (χ0) is 16.4. The quantitative estimate of drug-likeness (QED) is 0.844. The molecule has 7 heteroatoms. The molecule has 126 valence electrons. The molecule has 2 heterocycles. The third-order valence-corrected chi connectivity index (χ3v) is 4.59. The second-order valence-electron chi connectivity index (χ2n) is 5.59. The van der Waals surface area contributed by atoms with E-state index >= 15 is 0 Å². The van der Waals surface area contributed by atoms with Gasteiger partial charge in [0.15, 0.2) is 17.3 Å². The van der Waals surface area contributed by atoms with E-state index in [-0.39, 0.29) is 5.91 Å². The number of likely N-dealkylation sites (tertiary alicyclic amines) is 1. The van der Waals surface area contributed by atoms with Crippen molar-refractivity contribution in [3.05, 3.63) is 22.7 Å². The van der Waals surface area contributed by atoms with Gasteiger partial charge in [0, 0.05) is 31.5 Å². The zero-order valence-corrected chi connectivity index (χ0v) is 14.0. The molecule has 3 rings (SSSR count). The van der Waals surface area contributed by atoms with Crippen LogP contribution in [-0.2, 0) is 9.47 Å². The van der Waals surface area contributed by atoms with Gasteiger partial charge in [-0.1, -0.05) is 11.6 Å². The van der Waals surface area contributed by atoms with Crippen LogP contribution >= 0.6 is 11.6 Å². The van der Waals surface area contributed by atoms with Crippen LogP contribution in [0, 0.1) is 0 Å². The van der Waals surface area contributed by atoms with Gasteiger partial charge in [0.1, 0.15) is 0 Å². The number of hydrogen-bond donors (Lipinski definition) is 0. The van der Waals surface area contributed by atoms with E-state index in [9.17, 15) is 4.79 Å². The van der Waals surface area contributed by atoms with E-state index in [1.54, 1.807) is 17.0 Å². The summed E-state index contributed by atoms with van der Waals surface area (Å²) in [4.78, 5) is 14.5. The first-order valence-electron chi connectivity index (χ1n) is 7.57. The molecular weight excluding hydrogens is 322 g/mol. The first-order chi connectivity index (χ1) is 11.1. The summed E-state index contributed by atoms with van der Waals surface area (Å²) < 4.78 is 21.8. The molecule has 0 atom stereocenters. The Bertz CT molecular complexity index is 590. The van der Waals surface area contributed by atoms with Gasteiger partial charge in [0.2, 0.25) is 0 Å². The smallest absolute Gasteiger partial charge is 0.254 e. The maximum absolute atomic E-state index is 12.7. The molecule has 0 aliphatic carbocycles. The Morgan fingerprint density at radius 2 is 1.83 bits per heavy atom. The molecule has 23 heavy (non-hydrogen) atoms. The molecule has 1 aromatic carbocycles. The summed E-state index contributed by atoms with van der Waals surface area (Å²) in [6, 6.07) is 3.26. The molecule has 0 aromatic heterocycles. The number of methoxy groups -OCH3 is 2. The lowest BCUT2D eigenvalue weighted by Gasteiger charge is -2.37. The van der Waals surface area contributed by atoms with Gasteiger partial charge in [-0.25, -0.2) is 0 Å². The number of carbonyl (C=O) groups excluding carboxylic acids is 1. The van der Waals surface area contributed by atoms with Crippen LogP contribution in [0.1, 0.15) is 23.2 Å². The maximum atomic E-state index is 12.7. The highest BCUT2D eigenvalue weighted by molar-refractivity contribution is 6.32. The average molecular weight is 342 g/mol. The summed E-state index contributed by atoms with van der Waals surface area (Å²) >= 11 is 6.18. The fourth-order valence-corrected chi connectivity index (χ4v) is 3.35. The van der Waals surface area contributed by atoms with Crippen molar-refractivity contribution in [1.29, 1.82) is 0 Å². The summed E-state index contributed by atoms with van der Waals surface area (Å²) in [5.41, 5.74) is 0.483. The summed E-state index contributed by atoms with van der Waals surface area (Å²) in [6.07, 6.45) is 1.36. The van der Waals surface area contributed by atoms with Gasteiger partial charge >= 0.3 is 0 Å². The molecule has 2 saturated heterocycles. The Labute approximate surface area is 140 Å². The van der Waals surface area contributed by atoms with Crippen LogP contribution in [0.2, 0.25) is 5.02 Å². The van der Waals surface area contributed by atoms with Gasteiger partial charge in [-0.3, -0.25) is 4.79 Å². The molecule has 0 N–H and O–H groups in total. The van der Waals surface area contributed by atoms with Gasteiger partial charge in [-0.15, -0.1) is 0 Å². The third-order valence-electron chi connectivity index (χ3n) is 4.31. The van der Waals surface area contributed by atoms with Crippen LogP contribution in [0.25, 0.3) is 0 Å². The number of ether oxygens (including phenoxy) is 4. The Hall–Kier alpha value is -1.50. The fraction of sp³-hybridized carbons (Fsp3) is 0.562. The Kier molecular flexibility index (Phi) is 4.66. The van der Waals surface area contributed by atoms with Gasteiger partial charge in [0.05, 0.1) is 32.5 Å². The second kappa shape index (κ2) is 6.55. The van der Waals surface area contributed by atoms with Gasteiger partial charge in [0.25, 0.3) is 5.91 Å². The largest absolute Gasteiger partial charge is 0.493 e. The number of rotatable bonds is 3. The van der Waals surface area contributed by atoms with Crippen LogP contribution in [0.4, 0.5) is 0 Å². The topological polar surface area (TPSA) is 57.2 Å². The minimum Gasteiger partial charge on any atom is -0.493 e. The standard InChI is InChI=1S/C16H20ClNO5/c1-20-13-10-11(9-12(17)14(13)21-2)15(19)18-5-3-16(4-6-18)22-7-8-23-16/h9-10H,3-8H2,1-2H3. The summed E-state index contributed by atoms with van der Waals surface area (Å²) in [6.45, 7) is 2.42. The Morgan fingerprint density at radius 1 is 1.17 bits per heavy atom. The molecule has 2 aliphatic heterocycles. The third kappa shape index (κ3) is 3.11. The monoisotopic (exact) mass is 341 g/mol. The molecular formula is C16H20ClNO5. The molecule has 0 radical (unpaired) electrons. The lowest BCUT2D eigenvalue weighted by molar-refractivity contribution is -0.181. The first-order valence-corrected chi connectivity index (χ1v) is 7.95. The van der Waals surface area contributed by atoms with Crippen LogP contribution in [-0.4, -0.2) is 57.1 Å². The SMILES string of the molecule is COc1cc(C(=O)N2CCC3(CC2)OCCO3)cc(Cl)c1OC. The van der Waals surface area contributed by atoms with Gasteiger partial charge in [-0.2, -0.15) is 0 Å². The van der Waals surface area contributed by atoms with Crippen molar-refractivity contribution < 1.29 is 23.7 Å². The second-order valence-corrected chi connectivity index (χ2v) is 6.00. The molecule has 0 unspecified atom stereocenters. The number of halogens is 1. The lowest BCUT2D eigenvalue weighted by Crippen LogP contribution is -2.47. The average Bonchev–Trinajstić information content (AvgIpc) is 3.02. The number of piperidine rings is 1. The highest BCUT2D eigenvalue weighted by Gasteiger charge is 2.41. The van der Waals surface area contributed by atoms with E-state index in [0.29, 0.717) is 61.2 Å². The molecule has 2 aliphatic rings. The first kappa shape index (κ1) is 16.4. The van der Waals surface area contributed by atoms with E-state index in [1.807, 2.05) is 0 Å². The van der Waals surface area contributed by atoms with Crippen LogP contribution in [0.5, 0.6) is 11.5 Å². The van der Waals surface area contributed by atoms with Crippen molar-refractivity contribution in [3.8, 4) is 11.5 Å². The summed E-state index contributed by atoms with van der Waals surface area (Å²) in [5.74, 6) is 0.294. The lowest BCUT2D eigenvalue weighted by atomic mass is 10.0. The summed E-state index contributed by atoms with van der Waals surface area (Å²) in [7, 11) is 3.03. The van der Waals surface area contributed by atoms with Crippen molar-refractivity contribution in [1.82, 2.24) is 4.90 Å². The van der Waals surface area contributed by atoms with Crippen molar-refractivity contribution in [2.75, 3.05) is 40.5 Å². The van der Waals surface area contributed by atoms with Crippen molar-refractivity contribution in [2.45, 2.75) is 18.6 Å². The molecule has 6 nitrogen and oxygen atoms in total.